The van der Waals surface area contributed by atoms with E-state index in [9.17, 15) is 0 Å². The average molecular weight is 706 g/mol. The van der Waals surface area contributed by atoms with Gasteiger partial charge in [0, 0.05) is 5.41 Å². The molecule has 2 nitrogen and oxygen atoms in total. The van der Waals surface area contributed by atoms with Crippen LogP contribution in [0.2, 0.25) is 0 Å². The van der Waals surface area contributed by atoms with Gasteiger partial charge in [-0.15, -0.1) is 0 Å². The first-order chi connectivity index (χ1) is 24.9. The molecule has 0 saturated heterocycles. The van der Waals surface area contributed by atoms with Crippen LogP contribution >= 0.6 is 0 Å². The van der Waals surface area contributed by atoms with Gasteiger partial charge < -0.3 is 9.47 Å². The molecule has 0 aromatic heterocycles. The van der Waals surface area contributed by atoms with Crippen LogP contribution in [0.1, 0.15) is 61.8 Å². The minimum Gasteiger partial charge on any atom is -0.455 e. The number of fused-ring (bicyclic) bond motifs is 4. The van der Waals surface area contributed by atoms with E-state index in [0.29, 0.717) is 59.2 Å². The maximum absolute atomic E-state index is 15.5. The summed E-state index contributed by atoms with van der Waals surface area (Å²) in [5.41, 5.74) is 3.09. The fraction of sp³-hybridized carbons (Fsp3) is 0.349. The molecule has 0 radical (unpaired) electrons. The topological polar surface area (TPSA) is 18.5 Å². The molecule has 4 aliphatic carbocycles. The molecule has 9 heteroatoms. The van der Waals surface area contributed by atoms with E-state index in [0.717, 1.165) is 48.3 Å². The molecule has 4 aromatic rings. The number of hydrogen-bond acceptors (Lipinski definition) is 2. The Balaban J connectivity index is 0.944. The summed E-state index contributed by atoms with van der Waals surface area (Å²) in [5, 5.41) is 0. The second-order valence-electron chi connectivity index (χ2n) is 16.0. The standard InChI is InChI=1S/C43H41B2F5O2/c1-43(2,29-7-11-31(12-8-29)51-41-34(46)21-28(37(47)39(41)49)19-26-17-22-3-5-24(26)15-22)30-9-13-32(14-10-30)52-42-36(45)35(44)33(38(48)40(42)50)20-27-18-23-4-6-25(27)16-23/h3-14,21-27H,15-20,44-45H2,1-2H3. The van der Waals surface area contributed by atoms with Gasteiger partial charge in [-0.1, -0.05) is 67.9 Å². The zero-order chi connectivity index (χ0) is 36.5. The highest BCUT2D eigenvalue weighted by Crippen LogP contribution is 2.47. The van der Waals surface area contributed by atoms with Crippen LogP contribution in [-0.4, -0.2) is 15.7 Å². The van der Waals surface area contributed by atoms with Crippen molar-refractivity contribution in [1.82, 2.24) is 0 Å². The molecule has 0 spiro atoms. The van der Waals surface area contributed by atoms with Crippen LogP contribution in [0.25, 0.3) is 0 Å². The maximum atomic E-state index is 15.5. The van der Waals surface area contributed by atoms with Gasteiger partial charge in [-0.25, -0.2) is 13.2 Å². The highest BCUT2D eigenvalue weighted by molar-refractivity contribution is 6.50. The monoisotopic (exact) mass is 706 g/mol. The average Bonchev–Trinajstić information content (AvgIpc) is 3.96. The molecular formula is C43H41B2F5O2. The molecule has 2 fully saturated rings. The molecule has 266 valence electrons. The van der Waals surface area contributed by atoms with Crippen LogP contribution in [0.4, 0.5) is 22.0 Å². The third kappa shape index (κ3) is 6.18. The van der Waals surface area contributed by atoms with E-state index < -0.39 is 40.3 Å². The number of ether oxygens (including phenoxy) is 2. The van der Waals surface area contributed by atoms with Crippen molar-refractivity contribution in [3.63, 3.8) is 0 Å². The van der Waals surface area contributed by atoms with Crippen molar-refractivity contribution < 1.29 is 31.4 Å². The van der Waals surface area contributed by atoms with Crippen molar-refractivity contribution >= 4 is 26.6 Å². The van der Waals surface area contributed by atoms with Crippen LogP contribution < -0.4 is 20.4 Å². The summed E-state index contributed by atoms with van der Waals surface area (Å²) in [4.78, 5) is 0. The molecule has 0 aliphatic heterocycles. The van der Waals surface area contributed by atoms with Gasteiger partial charge in [-0.2, -0.15) is 8.78 Å². The zero-order valence-electron chi connectivity index (χ0n) is 29.9. The fourth-order valence-electron chi connectivity index (χ4n) is 9.28. The van der Waals surface area contributed by atoms with E-state index in [-0.39, 0.29) is 23.0 Å². The van der Waals surface area contributed by atoms with Crippen molar-refractivity contribution in [2.45, 2.75) is 57.8 Å². The van der Waals surface area contributed by atoms with Gasteiger partial charge in [0.05, 0.1) is 0 Å². The summed E-state index contributed by atoms with van der Waals surface area (Å²) in [6.45, 7) is 4.04. The minimum absolute atomic E-state index is 0.0428. The summed E-state index contributed by atoms with van der Waals surface area (Å²) < 4.78 is 87.8. The Labute approximate surface area is 303 Å². The van der Waals surface area contributed by atoms with Crippen molar-refractivity contribution in [2.24, 2.45) is 35.5 Å². The van der Waals surface area contributed by atoms with Gasteiger partial charge in [0.1, 0.15) is 27.2 Å². The molecular weight excluding hydrogens is 665 g/mol. The normalized spacial score (nSPS) is 24.3. The van der Waals surface area contributed by atoms with E-state index in [1.54, 1.807) is 44.2 Å². The molecule has 2 saturated carbocycles. The Hall–Kier alpha value is -4.26. The molecule has 6 unspecified atom stereocenters. The molecule has 0 N–H and O–H groups in total. The lowest BCUT2D eigenvalue weighted by Crippen LogP contribution is -2.34. The number of rotatable bonds is 10. The largest absolute Gasteiger partial charge is 0.455 e. The van der Waals surface area contributed by atoms with Crippen molar-refractivity contribution in [2.75, 3.05) is 0 Å². The number of benzene rings is 4. The molecule has 6 atom stereocenters. The maximum Gasteiger partial charge on any atom is 0.204 e. The molecule has 4 aliphatic rings. The van der Waals surface area contributed by atoms with E-state index in [1.165, 1.54) is 0 Å². The zero-order valence-corrected chi connectivity index (χ0v) is 29.9. The Morgan fingerprint density at radius 2 is 1.10 bits per heavy atom. The van der Waals surface area contributed by atoms with Crippen LogP contribution in [0.15, 0.2) is 78.9 Å². The third-order valence-corrected chi connectivity index (χ3v) is 12.6. The van der Waals surface area contributed by atoms with Gasteiger partial charge in [0.15, 0.2) is 23.2 Å². The summed E-state index contributed by atoms with van der Waals surface area (Å²) in [6, 6.07) is 15.0. The Morgan fingerprint density at radius 1 is 0.596 bits per heavy atom. The second-order valence-corrected chi connectivity index (χ2v) is 16.0. The van der Waals surface area contributed by atoms with Crippen LogP contribution in [0, 0.1) is 64.6 Å². The van der Waals surface area contributed by atoms with Crippen molar-refractivity contribution in [3.05, 3.63) is 130 Å². The number of hydrogen-bond donors (Lipinski definition) is 0. The summed E-state index contributed by atoms with van der Waals surface area (Å²) >= 11 is 0. The first-order valence-electron chi connectivity index (χ1n) is 18.4. The van der Waals surface area contributed by atoms with Crippen molar-refractivity contribution in [1.29, 1.82) is 0 Å². The lowest BCUT2D eigenvalue weighted by molar-refractivity contribution is 0.375. The Bertz CT molecular complexity index is 2060. The third-order valence-electron chi connectivity index (χ3n) is 12.6. The lowest BCUT2D eigenvalue weighted by atomic mass is 9.73. The quantitative estimate of drug-likeness (QED) is 0.0716. The number of halogens is 5. The Kier molecular flexibility index (Phi) is 8.90. The fourth-order valence-corrected chi connectivity index (χ4v) is 9.28. The summed E-state index contributed by atoms with van der Waals surface area (Å²) in [6.07, 6.45) is 13.7. The van der Waals surface area contributed by atoms with Crippen LogP contribution in [-0.2, 0) is 18.3 Å². The number of allylic oxidation sites excluding steroid dienone is 4. The summed E-state index contributed by atoms with van der Waals surface area (Å²) in [7, 11) is 3.61. The van der Waals surface area contributed by atoms with Crippen molar-refractivity contribution in [3.8, 4) is 23.0 Å². The summed E-state index contributed by atoms with van der Waals surface area (Å²) in [5.74, 6) is -3.07. The smallest absolute Gasteiger partial charge is 0.204 e. The van der Waals surface area contributed by atoms with Gasteiger partial charge >= 0.3 is 0 Å². The highest BCUT2D eigenvalue weighted by atomic mass is 19.2. The molecule has 0 heterocycles. The van der Waals surface area contributed by atoms with Gasteiger partial charge in [0.2, 0.25) is 17.4 Å². The predicted molar refractivity (Wildman–Crippen MR) is 199 cm³/mol. The van der Waals surface area contributed by atoms with Gasteiger partial charge in [-0.05, 0) is 132 Å². The van der Waals surface area contributed by atoms with Gasteiger partial charge in [0.25, 0.3) is 0 Å². The van der Waals surface area contributed by atoms with E-state index in [2.05, 4.69) is 24.3 Å². The lowest BCUT2D eigenvalue weighted by Gasteiger charge is -2.27. The van der Waals surface area contributed by atoms with Gasteiger partial charge in [-0.3, -0.25) is 0 Å². The highest BCUT2D eigenvalue weighted by Gasteiger charge is 2.38. The van der Waals surface area contributed by atoms with E-state index >= 15 is 22.0 Å². The molecule has 52 heavy (non-hydrogen) atoms. The molecule has 4 bridgehead atoms. The Morgan fingerprint density at radius 3 is 1.60 bits per heavy atom. The molecule has 8 rings (SSSR count). The molecule has 0 amide bonds. The van der Waals surface area contributed by atoms with Crippen LogP contribution in [0.3, 0.4) is 0 Å². The second kappa shape index (κ2) is 13.3. The predicted octanol–water partition coefficient (Wildman–Crippen LogP) is 8.32. The molecule has 4 aromatic carbocycles. The first kappa shape index (κ1) is 34.8. The van der Waals surface area contributed by atoms with E-state index in [4.69, 9.17) is 9.47 Å². The first-order valence-corrected chi connectivity index (χ1v) is 18.4. The van der Waals surface area contributed by atoms with Crippen LogP contribution in [0.5, 0.6) is 23.0 Å². The van der Waals surface area contributed by atoms with E-state index in [1.807, 2.05) is 33.8 Å². The minimum atomic E-state index is -1.32. The SMILES string of the molecule is Bc1c(B)c(Oc2ccc(C(C)(C)c3ccc(Oc4c(F)cc(CC5CC6C=CC5C6)c(F)c4F)cc3)cc2)c(F)c(F)c1CC1CC2C=CC1C2.